The molecule has 2 fully saturated rings. The van der Waals surface area contributed by atoms with Crippen molar-refractivity contribution in [3.8, 4) is 5.75 Å². The summed E-state index contributed by atoms with van der Waals surface area (Å²) in [6.45, 7) is 5.08. The molecule has 6 heteroatoms. The van der Waals surface area contributed by atoms with E-state index in [0.717, 1.165) is 61.5 Å². The molecule has 3 aromatic rings. The number of nitrogens with zero attached hydrogens (tertiary/aromatic N) is 2. The van der Waals surface area contributed by atoms with E-state index in [1.54, 1.807) is 7.11 Å². The monoisotopic (exact) mass is 416 g/mol. The lowest BCUT2D eigenvalue weighted by Gasteiger charge is -2.28. The van der Waals surface area contributed by atoms with Gasteiger partial charge in [0.2, 0.25) is 0 Å². The predicted molar refractivity (Wildman–Crippen MR) is 122 cm³/mol. The van der Waals surface area contributed by atoms with Crippen LogP contribution >= 0.6 is 0 Å². The molecule has 0 saturated carbocycles. The number of nitrogens with one attached hydrogen (secondary N) is 2. The Kier molecular flexibility index (Phi) is 4.33. The summed E-state index contributed by atoms with van der Waals surface area (Å²) in [4.78, 5) is 21.6. The second-order valence-electron chi connectivity index (χ2n) is 9.19. The molecular weight excluding hydrogens is 388 g/mol. The van der Waals surface area contributed by atoms with Crippen molar-refractivity contribution in [3.05, 3.63) is 59.8 Å². The molecular formula is C25H28N4O2. The lowest BCUT2D eigenvalue weighted by atomic mass is 9.81. The first-order valence-electron chi connectivity index (χ1n) is 11.2. The first kappa shape index (κ1) is 18.9. The van der Waals surface area contributed by atoms with Gasteiger partial charge < -0.3 is 19.9 Å². The summed E-state index contributed by atoms with van der Waals surface area (Å²) in [7, 11) is 1.66. The average Bonchev–Trinajstić information content (AvgIpc) is 3.59. The van der Waals surface area contributed by atoms with E-state index < -0.39 is 0 Å². The number of para-hydroxylation sites is 1. The van der Waals surface area contributed by atoms with Crippen molar-refractivity contribution in [2.45, 2.75) is 24.3 Å². The van der Waals surface area contributed by atoms with Crippen molar-refractivity contribution >= 4 is 22.5 Å². The molecule has 0 bridgehead atoms. The van der Waals surface area contributed by atoms with Gasteiger partial charge in [0.25, 0.3) is 5.91 Å². The summed E-state index contributed by atoms with van der Waals surface area (Å²) >= 11 is 0. The molecule has 2 aromatic carbocycles. The van der Waals surface area contributed by atoms with Crippen LogP contribution < -0.4 is 15.0 Å². The number of benzene rings is 2. The van der Waals surface area contributed by atoms with E-state index in [0.29, 0.717) is 11.7 Å². The highest BCUT2D eigenvalue weighted by Gasteiger charge is 2.50. The topological polar surface area (TPSA) is 60.6 Å². The number of ether oxygens (including phenoxy) is 1. The number of carbonyl (C=O) groups is 1. The second kappa shape index (κ2) is 7.11. The highest BCUT2D eigenvalue weighted by molar-refractivity contribution is 6.09. The van der Waals surface area contributed by atoms with Crippen molar-refractivity contribution in [3.63, 3.8) is 0 Å². The highest BCUT2D eigenvalue weighted by atomic mass is 16.5. The van der Waals surface area contributed by atoms with E-state index >= 15 is 0 Å². The van der Waals surface area contributed by atoms with Gasteiger partial charge in [-0.2, -0.15) is 0 Å². The Morgan fingerprint density at radius 2 is 2.06 bits per heavy atom. The molecule has 2 saturated heterocycles. The molecule has 6 nitrogen and oxygen atoms in total. The van der Waals surface area contributed by atoms with Crippen molar-refractivity contribution in [2.75, 3.05) is 44.7 Å². The predicted octanol–water partition coefficient (Wildman–Crippen LogP) is 3.14. The quantitative estimate of drug-likeness (QED) is 0.689. The SMILES string of the molecule is COc1ccc2[nH]c(C(=O)N3C[C@]4(CCN(C5CCNC5)C4)c4ccccc43)cc2c1. The smallest absolute Gasteiger partial charge is 0.274 e. The van der Waals surface area contributed by atoms with Crippen molar-refractivity contribution in [1.29, 1.82) is 0 Å². The average molecular weight is 417 g/mol. The van der Waals surface area contributed by atoms with Gasteiger partial charge in [-0.3, -0.25) is 9.69 Å². The second-order valence-corrected chi connectivity index (χ2v) is 9.19. The number of fused-ring (bicyclic) bond motifs is 3. The number of H-pyrrole nitrogens is 1. The molecule has 1 unspecified atom stereocenters. The number of anilines is 1. The summed E-state index contributed by atoms with van der Waals surface area (Å²) < 4.78 is 5.34. The van der Waals surface area contributed by atoms with Crippen LogP contribution in [-0.4, -0.2) is 61.7 Å². The Morgan fingerprint density at radius 1 is 1.16 bits per heavy atom. The van der Waals surface area contributed by atoms with Crippen LogP contribution in [0.15, 0.2) is 48.5 Å². The third-order valence-corrected chi connectivity index (χ3v) is 7.46. The summed E-state index contributed by atoms with van der Waals surface area (Å²) in [5.74, 6) is 0.837. The van der Waals surface area contributed by atoms with Gasteiger partial charge in [0.05, 0.1) is 7.11 Å². The third-order valence-electron chi connectivity index (χ3n) is 7.46. The summed E-state index contributed by atoms with van der Waals surface area (Å²) in [6, 6.07) is 16.9. The zero-order valence-electron chi connectivity index (χ0n) is 17.9. The van der Waals surface area contributed by atoms with Gasteiger partial charge >= 0.3 is 0 Å². The van der Waals surface area contributed by atoms with Crippen LogP contribution in [0.1, 0.15) is 28.9 Å². The molecule has 3 aliphatic rings. The molecule has 31 heavy (non-hydrogen) atoms. The molecule has 6 rings (SSSR count). The minimum absolute atomic E-state index is 0.0318. The van der Waals surface area contributed by atoms with Crippen molar-refractivity contribution in [1.82, 2.24) is 15.2 Å². The van der Waals surface area contributed by atoms with Crippen LogP contribution in [0.2, 0.25) is 0 Å². The zero-order valence-corrected chi connectivity index (χ0v) is 17.9. The first-order chi connectivity index (χ1) is 15.2. The molecule has 0 radical (unpaired) electrons. The summed E-state index contributed by atoms with van der Waals surface area (Å²) in [5, 5.41) is 4.49. The van der Waals surface area contributed by atoms with Gasteiger partial charge in [0, 0.05) is 47.7 Å². The van der Waals surface area contributed by atoms with Crippen molar-refractivity contribution in [2.24, 2.45) is 0 Å². The van der Waals surface area contributed by atoms with Gasteiger partial charge in [-0.1, -0.05) is 18.2 Å². The van der Waals surface area contributed by atoms with E-state index in [1.165, 1.54) is 12.0 Å². The van der Waals surface area contributed by atoms with Crippen LogP contribution in [0.25, 0.3) is 10.9 Å². The number of hydrogen-bond donors (Lipinski definition) is 2. The Bertz CT molecular complexity index is 1150. The fourth-order valence-corrected chi connectivity index (χ4v) is 5.83. The molecule has 1 amide bonds. The fourth-order valence-electron chi connectivity index (χ4n) is 5.83. The normalized spacial score (nSPS) is 25.6. The standard InChI is InChI=1S/C25H28N4O2/c1-31-19-6-7-21-17(12-19)13-22(27-21)24(30)29-16-25(20-4-2-3-5-23(20)29)9-11-28(15-25)18-8-10-26-14-18/h2-7,12-13,18,26-27H,8-11,14-16H2,1H3/t18?,25-/m1/s1. The van der Waals surface area contributed by atoms with Gasteiger partial charge in [-0.05, 0) is 61.8 Å². The third kappa shape index (κ3) is 2.97. The number of carbonyl (C=O) groups excluding carboxylic acids is 1. The lowest BCUT2D eigenvalue weighted by molar-refractivity contribution is 0.0980. The number of rotatable bonds is 3. The van der Waals surface area contributed by atoms with Crippen LogP contribution in [0.3, 0.4) is 0 Å². The Morgan fingerprint density at radius 3 is 2.90 bits per heavy atom. The molecule has 3 aliphatic heterocycles. The van der Waals surface area contributed by atoms with E-state index in [1.807, 2.05) is 35.2 Å². The molecule has 2 N–H and O–H groups in total. The lowest BCUT2D eigenvalue weighted by Crippen LogP contribution is -2.41. The van der Waals surface area contributed by atoms with E-state index in [-0.39, 0.29) is 11.3 Å². The Hall–Kier alpha value is -2.83. The van der Waals surface area contributed by atoms with Gasteiger partial charge in [-0.25, -0.2) is 0 Å². The number of likely N-dealkylation sites (tertiary alicyclic amines) is 1. The number of aromatic amines is 1. The largest absolute Gasteiger partial charge is 0.497 e. The number of amides is 1. The summed E-state index contributed by atoms with van der Waals surface area (Å²) in [6.07, 6.45) is 2.33. The van der Waals surface area contributed by atoms with Gasteiger partial charge in [-0.15, -0.1) is 0 Å². The molecule has 1 aromatic heterocycles. The van der Waals surface area contributed by atoms with Crippen LogP contribution in [0.5, 0.6) is 5.75 Å². The summed E-state index contributed by atoms with van der Waals surface area (Å²) in [5.41, 5.74) is 4.01. The maximum atomic E-state index is 13.7. The molecule has 4 heterocycles. The molecule has 1 spiro atoms. The maximum Gasteiger partial charge on any atom is 0.274 e. The van der Waals surface area contributed by atoms with Crippen LogP contribution in [0.4, 0.5) is 5.69 Å². The van der Waals surface area contributed by atoms with E-state index in [2.05, 4.69) is 33.4 Å². The van der Waals surface area contributed by atoms with Crippen LogP contribution in [0, 0.1) is 0 Å². The van der Waals surface area contributed by atoms with E-state index in [4.69, 9.17) is 4.74 Å². The van der Waals surface area contributed by atoms with Crippen LogP contribution in [-0.2, 0) is 5.41 Å². The first-order valence-corrected chi connectivity index (χ1v) is 11.2. The number of methoxy groups -OCH3 is 1. The number of hydrogen-bond acceptors (Lipinski definition) is 4. The minimum atomic E-state index is 0.0318. The fraction of sp³-hybridized carbons (Fsp3) is 0.400. The Balaban J connectivity index is 1.33. The minimum Gasteiger partial charge on any atom is -0.497 e. The number of aromatic nitrogens is 1. The molecule has 160 valence electrons. The van der Waals surface area contributed by atoms with E-state index in [9.17, 15) is 4.79 Å². The maximum absolute atomic E-state index is 13.7. The zero-order chi connectivity index (χ0) is 21.0. The molecule has 0 aliphatic carbocycles. The molecule has 2 atom stereocenters. The van der Waals surface area contributed by atoms with Gasteiger partial charge in [0.15, 0.2) is 0 Å². The van der Waals surface area contributed by atoms with Crippen molar-refractivity contribution < 1.29 is 9.53 Å². The Labute approximate surface area is 182 Å². The van der Waals surface area contributed by atoms with Gasteiger partial charge in [0.1, 0.15) is 11.4 Å². The highest BCUT2D eigenvalue weighted by Crippen LogP contribution is 2.47.